The first kappa shape index (κ1) is 19.6. The molecule has 1 aromatic heterocycles. The van der Waals surface area contributed by atoms with E-state index in [9.17, 15) is 9.59 Å². The molecular weight excluding hydrogens is 414 g/mol. The number of carbonyl (C=O) groups excluding carboxylic acids is 1. The van der Waals surface area contributed by atoms with Crippen molar-refractivity contribution in [1.82, 2.24) is 14.4 Å². The zero-order valence-electron chi connectivity index (χ0n) is 16.8. The number of nitrogens with zero attached hydrogens (tertiary/aromatic N) is 3. The summed E-state index contributed by atoms with van der Waals surface area (Å²) in [6, 6.07) is 13.8. The maximum atomic E-state index is 13.0. The van der Waals surface area contributed by atoms with Crippen LogP contribution >= 0.6 is 24.0 Å². The summed E-state index contributed by atoms with van der Waals surface area (Å²) >= 11 is 6.89. The lowest BCUT2D eigenvalue weighted by molar-refractivity contribution is -0.122. The Hall–Kier alpha value is -2.38. The molecule has 0 N–H and O–H groups in total. The number of hydrogen-bond donors (Lipinski definition) is 0. The van der Waals surface area contributed by atoms with Crippen LogP contribution in [0.4, 0.5) is 0 Å². The van der Waals surface area contributed by atoms with E-state index < -0.39 is 0 Å². The zero-order valence-corrected chi connectivity index (χ0v) is 18.4. The molecule has 5 nitrogen and oxygen atoms in total. The lowest BCUT2D eigenvalue weighted by Crippen LogP contribution is -2.45. The molecule has 2 bridgehead atoms. The van der Waals surface area contributed by atoms with Gasteiger partial charge in [-0.05, 0) is 30.9 Å². The fraction of sp³-hybridized carbons (Fsp3) is 0.348. The van der Waals surface area contributed by atoms with Crippen molar-refractivity contribution in [3.63, 3.8) is 0 Å². The van der Waals surface area contributed by atoms with Crippen LogP contribution in [0, 0.1) is 12.8 Å². The number of rotatable bonds is 3. The predicted molar refractivity (Wildman–Crippen MR) is 123 cm³/mol. The van der Waals surface area contributed by atoms with E-state index in [1.807, 2.05) is 29.0 Å². The summed E-state index contributed by atoms with van der Waals surface area (Å²) in [6.07, 6.45) is 3.09. The molecule has 2 unspecified atom stereocenters. The number of piperidine rings is 1. The van der Waals surface area contributed by atoms with E-state index in [0.29, 0.717) is 27.6 Å². The first-order valence-electron chi connectivity index (χ1n) is 10.2. The Morgan fingerprint density at radius 3 is 2.70 bits per heavy atom. The summed E-state index contributed by atoms with van der Waals surface area (Å²) in [5, 5.41) is 0. The van der Waals surface area contributed by atoms with Crippen LogP contribution in [0.15, 0.2) is 58.4 Å². The Labute approximate surface area is 185 Å². The molecule has 0 spiro atoms. The molecule has 30 heavy (non-hydrogen) atoms. The van der Waals surface area contributed by atoms with Gasteiger partial charge in [-0.25, -0.2) is 0 Å². The number of aryl methyl sites for hydroxylation is 1. The minimum absolute atomic E-state index is 0.0158. The number of likely N-dealkylation sites (tertiary alicyclic amines) is 1. The third kappa shape index (κ3) is 3.61. The Morgan fingerprint density at radius 2 is 1.90 bits per heavy atom. The molecule has 1 aromatic carbocycles. The molecule has 2 atom stereocenters. The molecule has 3 aliphatic heterocycles. The molecule has 3 aliphatic rings. The van der Waals surface area contributed by atoms with E-state index in [4.69, 9.17) is 12.2 Å². The van der Waals surface area contributed by atoms with Crippen LogP contribution in [0.25, 0.3) is 0 Å². The van der Waals surface area contributed by atoms with E-state index in [2.05, 4.69) is 30.0 Å². The van der Waals surface area contributed by atoms with Gasteiger partial charge in [-0.2, -0.15) is 0 Å². The lowest BCUT2D eigenvalue weighted by Gasteiger charge is -2.42. The van der Waals surface area contributed by atoms with Crippen LogP contribution in [0.1, 0.15) is 29.2 Å². The first-order valence-corrected chi connectivity index (χ1v) is 11.5. The number of hydrogen-bond acceptors (Lipinski definition) is 5. The van der Waals surface area contributed by atoms with Gasteiger partial charge in [0, 0.05) is 43.5 Å². The minimum Gasteiger partial charge on any atom is -0.375 e. The normalized spacial score (nSPS) is 24.5. The number of thioether (sulfide) groups is 1. The summed E-state index contributed by atoms with van der Waals surface area (Å²) in [5.41, 5.74) is 3.48. The Bertz CT molecular complexity index is 1110. The monoisotopic (exact) mass is 437 g/mol. The van der Waals surface area contributed by atoms with Gasteiger partial charge in [0.25, 0.3) is 11.5 Å². The molecule has 0 saturated carbocycles. The van der Waals surface area contributed by atoms with Crippen molar-refractivity contribution >= 4 is 34.2 Å². The number of aromatic nitrogens is 1. The average Bonchev–Trinajstić information content (AvgIpc) is 2.98. The van der Waals surface area contributed by atoms with Gasteiger partial charge < -0.3 is 9.47 Å². The maximum absolute atomic E-state index is 13.0. The van der Waals surface area contributed by atoms with Gasteiger partial charge >= 0.3 is 0 Å². The van der Waals surface area contributed by atoms with Gasteiger partial charge in [0.2, 0.25) is 0 Å². The maximum Gasteiger partial charge on any atom is 0.267 e. The molecule has 1 amide bonds. The molecule has 4 heterocycles. The Kier molecular flexibility index (Phi) is 5.03. The number of amides is 1. The van der Waals surface area contributed by atoms with Crippen molar-refractivity contribution in [2.24, 2.45) is 5.92 Å². The van der Waals surface area contributed by atoms with Crippen LogP contribution in [0.3, 0.4) is 0 Å². The van der Waals surface area contributed by atoms with Gasteiger partial charge in [0.15, 0.2) is 0 Å². The fourth-order valence-electron chi connectivity index (χ4n) is 4.71. The van der Waals surface area contributed by atoms with Crippen LogP contribution < -0.4 is 5.56 Å². The molecule has 2 aromatic rings. The third-order valence-electron chi connectivity index (χ3n) is 6.14. The number of thiocarbonyl (C=S) groups is 1. The molecular formula is C23H23N3O2S2. The van der Waals surface area contributed by atoms with Gasteiger partial charge in [-0.3, -0.25) is 14.5 Å². The first-order chi connectivity index (χ1) is 14.5. The predicted octanol–water partition coefficient (Wildman–Crippen LogP) is 3.48. The van der Waals surface area contributed by atoms with E-state index in [1.165, 1.54) is 17.3 Å². The topological polar surface area (TPSA) is 45.6 Å². The molecule has 0 aliphatic carbocycles. The Morgan fingerprint density at radius 1 is 1.10 bits per heavy atom. The number of benzene rings is 1. The minimum atomic E-state index is -0.0158. The third-order valence-corrected chi connectivity index (χ3v) is 7.51. The fourth-order valence-corrected chi connectivity index (χ4v) is 5.97. The van der Waals surface area contributed by atoms with Crippen molar-refractivity contribution in [3.05, 3.63) is 80.7 Å². The van der Waals surface area contributed by atoms with Crippen molar-refractivity contribution in [3.8, 4) is 0 Å². The highest BCUT2D eigenvalue weighted by Crippen LogP contribution is 2.37. The molecule has 154 valence electrons. The average molecular weight is 438 g/mol. The highest BCUT2D eigenvalue weighted by atomic mass is 32.2. The summed E-state index contributed by atoms with van der Waals surface area (Å²) in [6.45, 7) is 4.99. The molecule has 0 radical (unpaired) electrons. The summed E-state index contributed by atoms with van der Waals surface area (Å²) in [5.74, 6) is 0.726. The molecule has 2 saturated heterocycles. The van der Waals surface area contributed by atoms with Gasteiger partial charge in [0.05, 0.1) is 11.4 Å². The van der Waals surface area contributed by atoms with E-state index in [-0.39, 0.29) is 11.5 Å². The number of fused-ring (bicyclic) bond motifs is 4. The van der Waals surface area contributed by atoms with Crippen LogP contribution in [-0.4, -0.2) is 37.7 Å². The largest absolute Gasteiger partial charge is 0.375 e. The molecule has 2 fully saturated rings. The highest BCUT2D eigenvalue weighted by molar-refractivity contribution is 8.26. The number of pyridine rings is 1. The number of carbonyl (C=O) groups is 1. The van der Waals surface area contributed by atoms with Crippen molar-refractivity contribution in [2.75, 3.05) is 13.1 Å². The second-order valence-electron chi connectivity index (χ2n) is 8.39. The smallest absolute Gasteiger partial charge is 0.267 e. The van der Waals surface area contributed by atoms with Gasteiger partial charge in [0.1, 0.15) is 4.32 Å². The second kappa shape index (κ2) is 7.71. The SMILES string of the molecule is Cc1ccc(CN2C(=O)C(=CN3CC4CC(C3)c3cccc(=O)n3C4)SC2=S)cc1. The summed E-state index contributed by atoms with van der Waals surface area (Å²) < 4.78 is 2.54. The van der Waals surface area contributed by atoms with Crippen molar-refractivity contribution in [2.45, 2.75) is 32.4 Å². The second-order valence-corrected chi connectivity index (χ2v) is 10.1. The quantitative estimate of drug-likeness (QED) is 0.544. The van der Waals surface area contributed by atoms with E-state index >= 15 is 0 Å². The van der Waals surface area contributed by atoms with E-state index in [1.54, 1.807) is 11.0 Å². The standard InChI is InChI=1S/C23H23N3O2S2/c1-15-5-7-16(8-6-15)11-26-22(28)20(30-23(26)29)14-24-10-17-9-18(13-24)19-3-2-4-21(27)25(19)12-17/h2-8,14,17-18H,9-13H2,1H3. The van der Waals surface area contributed by atoms with Crippen LogP contribution in [0.5, 0.6) is 0 Å². The molecule has 7 heteroatoms. The highest BCUT2D eigenvalue weighted by Gasteiger charge is 2.36. The van der Waals surface area contributed by atoms with Crippen molar-refractivity contribution < 1.29 is 4.79 Å². The van der Waals surface area contributed by atoms with E-state index in [0.717, 1.165) is 37.3 Å². The lowest BCUT2D eigenvalue weighted by atomic mass is 9.83. The van der Waals surface area contributed by atoms with Crippen molar-refractivity contribution in [1.29, 1.82) is 0 Å². The van der Waals surface area contributed by atoms with Crippen LogP contribution in [0.2, 0.25) is 0 Å². The van der Waals surface area contributed by atoms with Gasteiger partial charge in [-0.1, -0.05) is 59.9 Å². The zero-order chi connectivity index (χ0) is 20.8. The molecule has 5 rings (SSSR count). The van der Waals surface area contributed by atoms with Gasteiger partial charge in [-0.15, -0.1) is 0 Å². The van der Waals surface area contributed by atoms with Crippen LogP contribution in [-0.2, 0) is 17.9 Å². The summed E-state index contributed by atoms with van der Waals surface area (Å²) in [4.78, 5) is 29.9. The Balaban J connectivity index is 1.33. The summed E-state index contributed by atoms with van der Waals surface area (Å²) in [7, 11) is 0.